The smallest absolute Gasteiger partial charge is 0.0478 e. The normalized spacial score (nSPS) is 25.9. The van der Waals surface area contributed by atoms with Crippen molar-refractivity contribution >= 4 is 0 Å². The fraction of sp³-hybridized carbons (Fsp3) is 1.00. The van der Waals surface area contributed by atoms with Gasteiger partial charge >= 0.3 is 0 Å². The molecule has 96 valence electrons. The molecule has 0 aromatic heterocycles. The molecule has 1 N–H and O–H groups in total. The predicted molar refractivity (Wildman–Crippen MR) is 69.8 cm³/mol. The Hall–Kier alpha value is -0.0800. The van der Waals surface area contributed by atoms with Crippen molar-refractivity contribution in [3.63, 3.8) is 0 Å². The zero-order chi connectivity index (χ0) is 11.6. The van der Waals surface area contributed by atoms with Crippen molar-refractivity contribution in [2.45, 2.75) is 64.8 Å². The van der Waals surface area contributed by atoms with Crippen LogP contribution in [-0.4, -0.2) is 25.8 Å². The van der Waals surface area contributed by atoms with Gasteiger partial charge in [0.1, 0.15) is 0 Å². The summed E-state index contributed by atoms with van der Waals surface area (Å²) < 4.78 is 5.54. The zero-order valence-corrected chi connectivity index (χ0v) is 11.1. The van der Waals surface area contributed by atoms with Crippen LogP contribution < -0.4 is 5.32 Å². The number of ether oxygens (including phenoxy) is 1. The van der Waals surface area contributed by atoms with Gasteiger partial charge in [-0.25, -0.2) is 0 Å². The van der Waals surface area contributed by atoms with E-state index in [2.05, 4.69) is 19.2 Å². The van der Waals surface area contributed by atoms with Gasteiger partial charge in [-0.1, -0.05) is 33.1 Å². The van der Waals surface area contributed by atoms with E-state index in [1.54, 1.807) is 0 Å². The molecular weight excluding hydrogens is 198 g/mol. The van der Waals surface area contributed by atoms with Gasteiger partial charge in [-0.3, -0.25) is 0 Å². The van der Waals surface area contributed by atoms with Crippen LogP contribution in [0.4, 0.5) is 0 Å². The van der Waals surface area contributed by atoms with Crippen LogP contribution in [0.15, 0.2) is 0 Å². The Morgan fingerprint density at radius 2 is 2.00 bits per heavy atom. The second-order valence-corrected chi connectivity index (χ2v) is 5.24. The zero-order valence-electron chi connectivity index (χ0n) is 11.1. The van der Waals surface area contributed by atoms with Gasteiger partial charge in [0.25, 0.3) is 0 Å². The van der Waals surface area contributed by atoms with Gasteiger partial charge in [0.05, 0.1) is 0 Å². The minimum atomic E-state index is 0.777. The van der Waals surface area contributed by atoms with E-state index in [4.69, 9.17) is 4.74 Å². The number of nitrogens with one attached hydrogen (secondary N) is 1. The summed E-state index contributed by atoms with van der Waals surface area (Å²) >= 11 is 0. The molecule has 0 radical (unpaired) electrons. The molecule has 0 amide bonds. The minimum Gasteiger partial charge on any atom is -0.381 e. The van der Waals surface area contributed by atoms with Crippen molar-refractivity contribution < 1.29 is 4.74 Å². The van der Waals surface area contributed by atoms with Crippen molar-refractivity contribution in [3.8, 4) is 0 Å². The lowest BCUT2D eigenvalue weighted by Crippen LogP contribution is -2.34. The molecule has 0 aromatic rings. The van der Waals surface area contributed by atoms with Crippen molar-refractivity contribution in [2.24, 2.45) is 5.92 Å². The van der Waals surface area contributed by atoms with Gasteiger partial charge in [-0.2, -0.15) is 0 Å². The molecule has 1 fully saturated rings. The summed E-state index contributed by atoms with van der Waals surface area (Å²) in [6.45, 7) is 7.58. The Morgan fingerprint density at radius 3 is 2.75 bits per heavy atom. The molecule has 2 unspecified atom stereocenters. The third-order valence-electron chi connectivity index (χ3n) is 3.48. The maximum atomic E-state index is 5.54. The quantitative estimate of drug-likeness (QED) is 0.642. The average molecular weight is 227 g/mol. The first kappa shape index (κ1) is 14.0. The summed E-state index contributed by atoms with van der Waals surface area (Å²) in [5, 5.41) is 3.66. The molecule has 2 atom stereocenters. The first-order valence-corrected chi connectivity index (χ1v) is 7.14. The Labute approximate surface area is 101 Å². The summed E-state index contributed by atoms with van der Waals surface area (Å²) in [7, 11) is 0. The van der Waals surface area contributed by atoms with Crippen LogP contribution in [0.25, 0.3) is 0 Å². The lowest BCUT2D eigenvalue weighted by Gasteiger charge is -2.27. The third kappa shape index (κ3) is 6.49. The molecule has 1 aliphatic rings. The second kappa shape index (κ2) is 9.00. The summed E-state index contributed by atoms with van der Waals surface area (Å²) in [6.07, 6.45) is 9.18. The SMILES string of the molecule is CCCCOCCCNC1CCCC(C)C1. The van der Waals surface area contributed by atoms with E-state index < -0.39 is 0 Å². The molecule has 0 heterocycles. The first-order valence-electron chi connectivity index (χ1n) is 7.14. The molecule has 0 saturated heterocycles. The predicted octanol–water partition coefficient (Wildman–Crippen LogP) is 3.36. The third-order valence-corrected chi connectivity index (χ3v) is 3.48. The Morgan fingerprint density at radius 1 is 1.19 bits per heavy atom. The summed E-state index contributed by atoms with van der Waals surface area (Å²) in [5.74, 6) is 0.923. The fourth-order valence-electron chi connectivity index (χ4n) is 2.45. The highest BCUT2D eigenvalue weighted by Crippen LogP contribution is 2.23. The molecule has 1 aliphatic carbocycles. The lowest BCUT2D eigenvalue weighted by molar-refractivity contribution is 0.127. The minimum absolute atomic E-state index is 0.777. The van der Waals surface area contributed by atoms with Crippen LogP contribution in [0, 0.1) is 5.92 Å². The van der Waals surface area contributed by atoms with Crippen LogP contribution in [0.3, 0.4) is 0 Å². The highest BCUT2D eigenvalue weighted by Gasteiger charge is 2.17. The fourth-order valence-corrected chi connectivity index (χ4v) is 2.45. The highest BCUT2D eigenvalue weighted by atomic mass is 16.5. The maximum Gasteiger partial charge on any atom is 0.0478 e. The van der Waals surface area contributed by atoms with E-state index in [0.717, 1.165) is 38.1 Å². The molecule has 2 heteroatoms. The van der Waals surface area contributed by atoms with Gasteiger partial charge in [0.2, 0.25) is 0 Å². The van der Waals surface area contributed by atoms with Crippen LogP contribution in [0.5, 0.6) is 0 Å². The van der Waals surface area contributed by atoms with E-state index >= 15 is 0 Å². The summed E-state index contributed by atoms with van der Waals surface area (Å²) in [6, 6.07) is 0.777. The topological polar surface area (TPSA) is 21.3 Å². The highest BCUT2D eigenvalue weighted by molar-refractivity contribution is 4.75. The average Bonchev–Trinajstić information content (AvgIpc) is 2.28. The van der Waals surface area contributed by atoms with Crippen molar-refractivity contribution in [2.75, 3.05) is 19.8 Å². The molecule has 0 bridgehead atoms. The molecule has 1 rings (SSSR count). The Kier molecular flexibility index (Phi) is 7.87. The van der Waals surface area contributed by atoms with Gasteiger partial charge in [0.15, 0.2) is 0 Å². The van der Waals surface area contributed by atoms with E-state index in [-0.39, 0.29) is 0 Å². The van der Waals surface area contributed by atoms with Crippen molar-refractivity contribution in [3.05, 3.63) is 0 Å². The summed E-state index contributed by atoms with van der Waals surface area (Å²) in [5.41, 5.74) is 0. The lowest BCUT2D eigenvalue weighted by atomic mass is 9.87. The molecule has 2 nitrogen and oxygen atoms in total. The van der Waals surface area contributed by atoms with Crippen molar-refractivity contribution in [1.82, 2.24) is 5.32 Å². The van der Waals surface area contributed by atoms with Crippen LogP contribution in [0.1, 0.15) is 58.8 Å². The molecule has 1 saturated carbocycles. The Bertz CT molecular complexity index is 161. The molecular formula is C14H29NO. The molecule has 0 aliphatic heterocycles. The van der Waals surface area contributed by atoms with Gasteiger partial charge < -0.3 is 10.1 Å². The van der Waals surface area contributed by atoms with Gasteiger partial charge in [0, 0.05) is 19.3 Å². The maximum absolute atomic E-state index is 5.54. The van der Waals surface area contributed by atoms with E-state index in [0.29, 0.717) is 0 Å². The number of hydrogen-bond donors (Lipinski definition) is 1. The largest absolute Gasteiger partial charge is 0.381 e. The Balaban J connectivity index is 1.86. The number of unbranched alkanes of at least 4 members (excludes halogenated alkanes) is 1. The van der Waals surface area contributed by atoms with Gasteiger partial charge in [-0.15, -0.1) is 0 Å². The monoisotopic (exact) mass is 227 g/mol. The van der Waals surface area contributed by atoms with Gasteiger partial charge in [-0.05, 0) is 38.1 Å². The van der Waals surface area contributed by atoms with Crippen LogP contribution >= 0.6 is 0 Å². The molecule has 0 aromatic carbocycles. The van der Waals surface area contributed by atoms with Crippen LogP contribution in [-0.2, 0) is 4.74 Å². The summed E-state index contributed by atoms with van der Waals surface area (Å²) in [4.78, 5) is 0. The number of rotatable bonds is 8. The first-order chi connectivity index (χ1) is 7.83. The van der Waals surface area contributed by atoms with E-state index in [1.807, 2.05) is 0 Å². The van der Waals surface area contributed by atoms with E-state index in [9.17, 15) is 0 Å². The van der Waals surface area contributed by atoms with Crippen molar-refractivity contribution in [1.29, 1.82) is 0 Å². The number of hydrogen-bond acceptors (Lipinski definition) is 2. The standard InChI is InChI=1S/C14H29NO/c1-3-4-10-16-11-6-9-15-14-8-5-7-13(2)12-14/h13-15H,3-12H2,1-2H3. The molecule has 0 spiro atoms. The molecule has 16 heavy (non-hydrogen) atoms. The van der Waals surface area contributed by atoms with E-state index in [1.165, 1.54) is 38.5 Å². The second-order valence-electron chi connectivity index (χ2n) is 5.24. The van der Waals surface area contributed by atoms with Crippen LogP contribution in [0.2, 0.25) is 0 Å².